The van der Waals surface area contributed by atoms with Crippen molar-refractivity contribution < 1.29 is 19.4 Å². The fourth-order valence-electron chi connectivity index (χ4n) is 6.99. The molecule has 4 saturated carbocycles. The van der Waals surface area contributed by atoms with Gasteiger partial charge in [-0.05, 0) is 99.1 Å². The molecule has 0 saturated heterocycles. The minimum absolute atomic E-state index is 0.0146. The summed E-state index contributed by atoms with van der Waals surface area (Å²) in [6, 6.07) is 32.2. The molecule has 4 aliphatic carbocycles. The number of aliphatic carboxylic acids is 1. The summed E-state index contributed by atoms with van der Waals surface area (Å²) < 4.78 is 5.24. The molecule has 1 atom stereocenters. The van der Waals surface area contributed by atoms with E-state index in [9.17, 15) is 14.7 Å². The average Bonchev–Trinajstić information content (AvgIpc) is 2.93. The average molecular weight is 529 g/mol. The summed E-state index contributed by atoms with van der Waals surface area (Å²) in [7, 11) is -0.0146. The summed E-state index contributed by atoms with van der Waals surface area (Å²) in [5.41, 5.74) is -0.377. The van der Waals surface area contributed by atoms with E-state index in [1.807, 2.05) is 0 Å². The Morgan fingerprint density at radius 3 is 1.45 bits per heavy atom. The predicted octanol–water partition coefficient (Wildman–Crippen LogP) is 6.06. The molecule has 198 valence electrons. The largest absolute Gasteiger partial charge is 0.546 e. The Morgan fingerprint density at radius 2 is 1.13 bits per heavy atom. The number of carbonyl (C=O) groups excluding carboxylic acids is 2. The Balaban J connectivity index is 0.000000155. The Morgan fingerprint density at radius 1 is 0.763 bits per heavy atom. The monoisotopic (exact) mass is 528 g/mol. The molecule has 0 spiro atoms. The molecular weight excluding hydrogens is 492 g/mol. The van der Waals surface area contributed by atoms with Gasteiger partial charge in [0.2, 0.25) is 0 Å². The molecule has 3 aromatic rings. The summed E-state index contributed by atoms with van der Waals surface area (Å²) in [5, 5.41) is 10.9. The fraction of sp³-hybridized carbons (Fsp3) is 0.394. The lowest BCUT2D eigenvalue weighted by molar-refractivity contribution is -0.316. The van der Waals surface area contributed by atoms with Crippen molar-refractivity contribution >= 4 is 22.8 Å². The minimum Gasteiger partial charge on any atom is -0.546 e. The maximum atomic E-state index is 12.5. The van der Waals surface area contributed by atoms with E-state index in [0.29, 0.717) is 17.8 Å². The first-order chi connectivity index (χ1) is 18.5. The Hall–Kier alpha value is -3.05. The van der Waals surface area contributed by atoms with E-state index in [2.05, 4.69) is 91.0 Å². The number of carboxylic acid groups (broad SMARTS) is 1. The third kappa shape index (κ3) is 5.83. The lowest BCUT2D eigenvalue weighted by Gasteiger charge is -2.55. The molecule has 0 aliphatic heterocycles. The Kier molecular flexibility index (Phi) is 8.23. The molecule has 0 heterocycles. The SMILES string of the molecule is CCC(OC(=O)C12CC3CC(CC(C3)C1)C2)C(=O)[O-].c1ccc([S+](c2ccccc2)c2ccccc2)cc1. The number of carboxylic acids is 1. The van der Waals surface area contributed by atoms with E-state index in [1.54, 1.807) is 6.92 Å². The number of esters is 1. The van der Waals surface area contributed by atoms with Crippen LogP contribution >= 0.6 is 0 Å². The molecular formula is C33H36O4S. The van der Waals surface area contributed by atoms with Crippen LogP contribution in [0.1, 0.15) is 51.9 Å². The van der Waals surface area contributed by atoms with Crippen molar-refractivity contribution in [2.45, 2.75) is 72.7 Å². The van der Waals surface area contributed by atoms with Gasteiger partial charge in [0.05, 0.1) is 22.3 Å². The number of rotatable bonds is 7. The van der Waals surface area contributed by atoms with Gasteiger partial charge in [0.1, 0.15) is 6.10 Å². The first-order valence-electron chi connectivity index (χ1n) is 13.8. The number of ether oxygens (including phenoxy) is 1. The van der Waals surface area contributed by atoms with Crippen LogP contribution in [0.5, 0.6) is 0 Å². The number of carbonyl (C=O) groups is 2. The first kappa shape index (κ1) is 26.6. The van der Waals surface area contributed by atoms with Crippen LogP contribution in [-0.4, -0.2) is 18.0 Å². The normalized spacial score (nSPS) is 25.8. The summed E-state index contributed by atoms with van der Waals surface area (Å²) in [5.74, 6) is 0.411. The zero-order valence-corrected chi connectivity index (χ0v) is 22.8. The van der Waals surface area contributed by atoms with Gasteiger partial charge >= 0.3 is 5.97 Å². The zero-order chi connectivity index (χ0) is 26.5. The van der Waals surface area contributed by atoms with Crippen LogP contribution < -0.4 is 5.11 Å². The van der Waals surface area contributed by atoms with Gasteiger partial charge in [0.15, 0.2) is 14.7 Å². The van der Waals surface area contributed by atoms with Crippen LogP contribution in [0, 0.1) is 23.2 Å². The van der Waals surface area contributed by atoms with Crippen molar-refractivity contribution in [2.24, 2.45) is 23.2 Å². The second-order valence-corrected chi connectivity index (χ2v) is 13.1. The van der Waals surface area contributed by atoms with Gasteiger partial charge in [-0.1, -0.05) is 61.5 Å². The second-order valence-electron chi connectivity index (χ2n) is 11.1. The highest BCUT2D eigenvalue weighted by Crippen LogP contribution is 2.60. The third-order valence-corrected chi connectivity index (χ3v) is 10.5. The van der Waals surface area contributed by atoms with Crippen molar-refractivity contribution in [3.05, 3.63) is 91.0 Å². The van der Waals surface area contributed by atoms with Gasteiger partial charge in [-0.2, -0.15) is 0 Å². The van der Waals surface area contributed by atoms with Crippen LogP contribution in [0.15, 0.2) is 106 Å². The minimum atomic E-state index is -1.28. The molecule has 4 bridgehead atoms. The molecule has 7 rings (SSSR count). The zero-order valence-electron chi connectivity index (χ0n) is 22.0. The van der Waals surface area contributed by atoms with Gasteiger partial charge < -0.3 is 14.6 Å². The van der Waals surface area contributed by atoms with Crippen molar-refractivity contribution in [3.63, 3.8) is 0 Å². The highest BCUT2D eigenvalue weighted by Gasteiger charge is 2.55. The molecule has 5 heteroatoms. The topological polar surface area (TPSA) is 66.4 Å². The van der Waals surface area contributed by atoms with Crippen molar-refractivity contribution in [2.75, 3.05) is 0 Å². The Bertz CT molecular complexity index is 1080. The molecule has 4 aliphatic rings. The van der Waals surface area contributed by atoms with Gasteiger partial charge in [0, 0.05) is 0 Å². The molecule has 3 aromatic carbocycles. The van der Waals surface area contributed by atoms with Gasteiger partial charge in [-0.25, -0.2) is 0 Å². The molecule has 0 radical (unpaired) electrons. The van der Waals surface area contributed by atoms with E-state index >= 15 is 0 Å². The van der Waals surface area contributed by atoms with Crippen LogP contribution in [0.3, 0.4) is 0 Å². The molecule has 1 unspecified atom stereocenters. The summed E-state index contributed by atoms with van der Waals surface area (Å²) >= 11 is 0. The first-order valence-corrected chi connectivity index (χ1v) is 15.0. The highest BCUT2D eigenvalue weighted by atomic mass is 32.2. The van der Waals surface area contributed by atoms with Crippen LogP contribution in [0.4, 0.5) is 0 Å². The quantitative estimate of drug-likeness (QED) is 0.276. The lowest BCUT2D eigenvalue weighted by atomic mass is 9.49. The predicted molar refractivity (Wildman–Crippen MR) is 147 cm³/mol. The highest BCUT2D eigenvalue weighted by molar-refractivity contribution is 7.97. The van der Waals surface area contributed by atoms with E-state index in [1.165, 1.54) is 33.9 Å². The number of benzene rings is 3. The molecule has 0 amide bonds. The van der Waals surface area contributed by atoms with E-state index in [4.69, 9.17) is 4.74 Å². The van der Waals surface area contributed by atoms with E-state index < -0.39 is 12.1 Å². The van der Waals surface area contributed by atoms with Crippen molar-refractivity contribution in [1.29, 1.82) is 0 Å². The van der Waals surface area contributed by atoms with Crippen molar-refractivity contribution in [3.8, 4) is 0 Å². The lowest BCUT2D eigenvalue weighted by Crippen LogP contribution is -2.52. The summed E-state index contributed by atoms with van der Waals surface area (Å²) in [6.45, 7) is 1.70. The Labute approximate surface area is 228 Å². The van der Waals surface area contributed by atoms with E-state index in [-0.39, 0.29) is 28.7 Å². The van der Waals surface area contributed by atoms with E-state index in [0.717, 1.165) is 19.3 Å². The second kappa shape index (κ2) is 11.8. The third-order valence-electron chi connectivity index (χ3n) is 8.29. The molecule has 38 heavy (non-hydrogen) atoms. The molecule has 0 N–H and O–H groups in total. The number of hydrogen-bond acceptors (Lipinski definition) is 4. The molecule has 0 aromatic heterocycles. The maximum absolute atomic E-state index is 12.5. The summed E-state index contributed by atoms with van der Waals surface area (Å²) in [4.78, 5) is 27.4. The fourth-order valence-corrected chi connectivity index (χ4v) is 9.10. The van der Waals surface area contributed by atoms with Crippen molar-refractivity contribution in [1.82, 2.24) is 0 Å². The van der Waals surface area contributed by atoms with Crippen LogP contribution in [0.2, 0.25) is 0 Å². The number of hydrogen-bond donors (Lipinski definition) is 0. The molecule has 4 fully saturated rings. The summed E-state index contributed by atoms with van der Waals surface area (Å²) in [6.07, 6.45) is 5.67. The standard InChI is InChI=1S/C18H15S.C15H22O4/c1-4-10-16(11-5-1)19(17-12-6-2-7-13-17)18-14-8-3-9-15-18;1-2-12(13(16)17)19-14(18)15-6-9-3-10(7-15)5-11(4-9)8-15/h1-15H;9-12H,2-8H2,1H3,(H,16,17)/q+1;/p-1. The smallest absolute Gasteiger partial charge is 0.312 e. The molecule has 4 nitrogen and oxygen atoms in total. The van der Waals surface area contributed by atoms with Gasteiger partial charge in [0.25, 0.3) is 0 Å². The maximum Gasteiger partial charge on any atom is 0.312 e. The van der Waals surface area contributed by atoms with Crippen LogP contribution in [-0.2, 0) is 25.2 Å². The van der Waals surface area contributed by atoms with Gasteiger partial charge in [-0.3, -0.25) is 4.79 Å². The van der Waals surface area contributed by atoms with Gasteiger partial charge in [-0.15, -0.1) is 0 Å². The van der Waals surface area contributed by atoms with Crippen LogP contribution in [0.25, 0.3) is 0 Å².